The number of hydrogen-bond acceptors (Lipinski definition) is 0. The van der Waals surface area contributed by atoms with E-state index < -0.39 is 0 Å². The van der Waals surface area contributed by atoms with Gasteiger partial charge in [0.25, 0.3) is 0 Å². The van der Waals surface area contributed by atoms with Gasteiger partial charge in [0.15, 0.2) is 7.28 Å². The highest BCUT2D eigenvalue weighted by atomic mass is 14.3. The first-order valence-electron chi connectivity index (χ1n) is 14.9. The lowest BCUT2D eigenvalue weighted by atomic mass is 9.53. The molecule has 0 fully saturated rings. The van der Waals surface area contributed by atoms with E-state index in [0.717, 1.165) is 7.28 Å². The average molecular weight is 531 g/mol. The summed E-state index contributed by atoms with van der Waals surface area (Å²) in [7, 11) is 1.10. The minimum absolute atomic E-state index is 0.290. The van der Waals surface area contributed by atoms with Gasteiger partial charge in [-0.3, -0.25) is 0 Å². The maximum atomic E-state index is 2.40. The van der Waals surface area contributed by atoms with Gasteiger partial charge >= 0.3 is 0 Å². The molecule has 0 aromatic heterocycles. The van der Waals surface area contributed by atoms with Crippen molar-refractivity contribution in [3.8, 4) is 33.4 Å². The normalized spacial score (nSPS) is 12.1. The van der Waals surface area contributed by atoms with Crippen LogP contribution >= 0.6 is 0 Å². The molecule has 0 unspecified atom stereocenters. The Hall–Kier alpha value is -4.10. The fraction of sp³-hybridized carbons (Fsp3) is 0.200. The molecule has 0 aliphatic carbocycles. The first-order chi connectivity index (χ1) is 19.7. The molecule has 0 nitrogen and oxygen atoms in total. The molecule has 0 spiro atoms. The zero-order chi connectivity index (χ0) is 28.6. The number of fused-ring (bicyclic) bond motifs is 2. The average Bonchev–Trinajstić information content (AvgIpc) is 2.99. The molecular weight excluding hydrogens is 491 g/mol. The summed E-state index contributed by atoms with van der Waals surface area (Å²) in [5, 5.41) is 5.11. The van der Waals surface area contributed by atoms with Crippen LogP contribution in [0.4, 0.5) is 0 Å². The maximum absolute atomic E-state index is 2.40. The van der Waals surface area contributed by atoms with Crippen LogP contribution in [0.2, 0.25) is 6.32 Å². The summed E-state index contributed by atoms with van der Waals surface area (Å²) in [6.45, 7) is 11.9. The van der Waals surface area contributed by atoms with Gasteiger partial charge in [-0.05, 0) is 84.0 Å². The van der Waals surface area contributed by atoms with Crippen molar-refractivity contribution >= 4 is 34.3 Å². The number of rotatable bonds is 6. The smallest absolute Gasteiger partial charge is 0.0839 e. The molecule has 0 aliphatic heterocycles. The highest BCUT2D eigenvalue weighted by Crippen LogP contribution is 2.41. The molecule has 0 heterocycles. The van der Waals surface area contributed by atoms with Crippen molar-refractivity contribution in [2.75, 3.05) is 0 Å². The van der Waals surface area contributed by atoms with Gasteiger partial charge in [-0.1, -0.05) is 156 Å². The van der Waals surface area contributed by atoms with E-state index in [1.807, 2.05) is 0 Å². The van der Waals surface area contributed by atoms with Gasteiger partial charge in [0.2, 0.25) is 0 Å². The Bertz CT molecular complexity index is 1850. The van der Waals surface area contributed by atoms with Gasteiger partial charge < -0.3 is 0 Å². The van der Waals surface area contributed by atoms with E-state index in [1.54, 1.807) is 0 Å². The number of hydrogen-bond donors (Lipinski definition) is 0. The molecule has 0 aliphatic rings. The SMILES string of the molecule is CC(C)(C)C(C)(C)CBc1cccc(-c2ccc3cc(-c4cccc(-c5cccc6ccccc56)c4)ccc3c2)c1. The van der Waals surface area contributed by atoms with E-state index in [1.165, 1.54) is 66.7 Å². The summed E-state index contributed by atoms with van der Waals surface area (Å²) >= 11 is 0. The van der Waals surface area contributed by atoms with Crippen LogP contribution in [0, 0.1) is 10.8 Å². The first kappa shape index (κ1) is 27.1. The largest absolute Gasteiger partial charge is 0.158 e. The molecule has 0 bridgehead atoms. The van der Waals surface area contributed by atoms with E-state index in [9.17, 15) is 0 Å². The van der Waals surface area contributed by atoms with E-state index >= 15 is 0 Å². The van der Waals surface area contributed by atoms with Crippen LogP contribution in [0.3, 0.4) is 0 Å². The number of benzene rings is 6. The summed E-state index contributed by atoms with van der Waals surface area (Å²) in [6.07, 6.45) is 1.18. The Balaban J connectivity index is 1.27. The molecule has 0 radical (unpaired) electrons. The van der Waals surface area contributed by atoms with E-state index in [-0.39, 0.29) is 5.41 Å². The van der Waals surface area contributed by atoms with Crippen molar-refractivity contribution in [3.63, 3.8) is 0 Å². The summed E-state index contributed by atoms with van der Waals surface area (Å²) < 4.78 is 0. The molecule has 6 aromatic carbocycles. The standard InChI is InChI=1S/C40H39B/c1-39(2,3)40(4,5)27-41-36-16-9-14-30(26-36)32-20-22-33-23-31(19-21-34(33)24-32)29-13-8-15-35(25-29)38-18-10-12-28-11-6-7-17-37(28)38/h6-26,41H,27H2,1-5H3. The maximum Gasteiger partial charge on any atom is 0.158 e. The molecule has 41 heavy (non-hydrogen) atoms. The molecule has 6 rings (SSSR count). The molecule has 1 heteroatoms. The summed E-state index contributed by atoms with van der Waals surface area (Å²) in [4.78, 5) is 0. The third kappa shape index (κ3) is 5.59. The molecule has 6 aromatic rings. The lowest BCUT2D eigenvalue weighted by Gasteiger charge is -2.39. The van der Waals surface area contributed by atoms with Crippen molar-refractivity contribution in [2.24, 2.45) is 10.8 Å². The van der Waals surface area contributed by atoms with E-state index in [0.29, 0.717) is 5.41 Å². The summed E-state index contributed by atoms with van der Waals surface area (Å²) in [5.41, 5.74) is 9.59. The van der Waals surface area contributed by atoms with Gasteiger partial charge in [-0.25, -0.2) is 0 Å². The van der Waals surface area contributed by atoms with Crippen LogP contribution in [0.5, 0.6) is 0 Å². The van der Waals surface area contributed by atoms with E-state index in [2.05, 4.69) is 162 Å². The van der Waals surface area contributed by atoms with Crippen molar-refractivity contribution in [1.82, 2.24) is 0 Å². The van der Waals surface area contributed by atoms with Crippen LogP contribution in [-0.4, -0.2) is 7.28 Å². The molecule has 0 amide bonds. The van der Waals surface area contributed by atoms with Crippen LogP contribution < -0.4 is 5.46 Å². The lowest BCUT2D eigenvalue weighted by molar-refractivity contribution is 0.157. The minimum atomic E-state index is 0.290. The quantitative estimate of drug-likeness (QED) is 0.188. The van der Waals surface area contributed by atoms with Crippen LogP contribution in [0.1, 0.15) is 34.6 Å². The summed E-state index contributed by atoms with van der Waals surface area (Å²) in [5.74, 6) is 0. The third-order valence-electron chi connectivity index (χ3n) is 9.47. The highest BCUT2D eigenvalue weighted by Gasteiger charge is 2.32. The first-order valence-corrected chi connectivity index (χ1v) is 14.9. The Kier molecular flexibility index (Phi) is 7.08. The van der Waals surface area contributed by atoms with Crippen LogP contribution in [0.25, 0.3) is 54.9 Å². The zero-order valence-corrected chi connectivity index (χ0v) is 25.0. The van der Waals surface area contributed by atoms with Crippen molar-refractivity contribution in [1.29, 1.82) is 0 Å². The molecule has 0 saturated heterocycles. The second kappa shape index (κ2) is 10.7. The highest BCUT2D eigenvalue weighted by molar-refractivity contribution is 6.53. The predicted octanol–water partition coefficient (Wildman–Crippen LogP) is 10.5. The molecule has 0 saturated carbocycles. The van der Waals surface area contributed by atoms with Gasteiger partial charge in [0, 0.05) is 0 Å². The van der Waals surface area contributed by atoms with Crippen LogP contribution in [0.15, 0.2) is 127 Å². The Morgan fingerprint density at radius 2 is 1.02 bits per heavy atom. The van der Waals surface area contributed by atoms with Gasteiger partial charge in [-0.2, -0.15) is 0 Å². The Labute approximate surface area is 246 Å². The van der Waals surface area contributed by atoms with Crippen molar-refractivity contribution in [2.45, 2.75) is 40.9 Å². The molecule has 0 N–H and O–H groups in total. The molecule has 0 atom stereocenters. The fourth-order valence-corrected chi connectivity index (χ4v) is 5.69. The fourth-order valence-electron chi connectivity index (χ4n) is 5.69. The third-order valence-corrected chi connectivity index (χ3v) is 9.47. The second-order valence-electron chi connectivity index (χ2n) is 13.2. The monoisotopic (exact) mass is 530 g/mol. The summed E-state index contributed by atoms with van der Waals surface area (Å²) in [6, 6.07) is 47.0. The van der Waals surface area contributed by atoms with E-state index in [4.69, 9.17) is 0 Å². The topological polar surface area (TPSA) is 0 Å². The van der Waals surface area contributed by atoms with Crippen LogP contribution in [-0.2, 0) is 0 Å². The zero-order valence-electron chi connectivity index (χ0n) is 25.0. The van der Waals surface area contributed by atoms with Gasteiger partial charge in [-0.15, -0.1) is 0 Å². The molecule has 202 valence electrons. The molecular formula is C40H39B. The van der Waals surface area contributed by atoms with Gasteiger partial charge in [0.1, 0.15) is 0 Å². The van der Waals surface area contributed by atoms with Crippen molar-refractivity contribution < 1.29 is 0 Å². The lowest BCUT2D eigenvalue weighted by Crippen LogP contribution is -2.33. The Morgan fingerprint density at radius 3 is 1.73 bits per heavy atom. The second-order valence-corrected chi connectivity index (χ2v) is 13.2. The minimum Gasteiger partial charge on any atom is -0.0839 e. The predicted molar refractivity (Wildman–Crippen MR) is 183 cm³/mol. The van der Waals surface area contributed by atoms with Crippen molar-refractivity contribution in [3.05, 3.63) is 127 Å². The Morgan fingerprint density at radius 1 is 0.463 bits per heavy atom. The van der Waals surface area contributed by atoms with Gasteiger partial charge in [0.05, 0.1) is 0 Å².